The highest BCUT2D eigenvalue weighted by atomic mass is 16.2. The van der Waals surface area contributed by atoms with Crippen LogP contribution >= 0.6 is 0 Å². The summed E-state index contributed by atoms with van der Waals surface area (Å²) in [5.41, 5.74) is 2.28. The van der Waals surface area contributed by atoms with Gasteiger partial charge < -0.3 is 9.80 Å². The van der Waals surface area contributed by atoms with Crippen molar-refractivity contribution in [1.82, 2.24) is 19.7 Å². The van der Waals surface area contributed by atoms with Crippen molar-refractivity contribution in [2.24, 2.45) is 5.92 Å². The topological polar surface area (TPSA) is 73.8 Å². The van der Waals surface area contributed by atoms with Crippen molar-refractivity contribution in [1.29, 1.82) is 0 Å². The van der Waals surface area contributed by atoms with Crippen molar-refractivity contribution >= 4 is 17.6 Å². The van der Waals surface area contributed by atoms with Gasteiger partial charge in [0.2, 0.25) is 0 Å². The van der Waals surface area contributed by atoms with Gasteiger partial charge in [-0.1, -0.05) is 43.7 Å². The zero-order chi connectivity index (χ0) is 27.6. The Labute approximate surface area is 232 Å². The minimum absolute atomic E-state index is 0.0177. The molecule has 0 radical (unpaired) electrons. The van der Waals surface area contributed by atoms with E-state index >= 15 is 0 Å². The molecule has 1 saturated heterocycles. The quantitative estimate of drug-likeness (QED) is 0.400. The first kappa shape index (κ1) is 27.5. The van der Waals surface area contributed by atoms with Crippen LogP contribution in [0.25, 0.3) is 0 Å². The molecule has 5 rings (SSSR count). The van der Waals surface area contributed by atoms with Crippen LogP contribution in [0.5, 0.6) is 0 Å². The van der Waals surface area contributed by atoms with Gasteiger partial charge >= 0.3 is 6.03 Å². The second-order valence-corrected chi connectivity index (χ2v) is 12.1. The van der Waals surface area contributed by atoms with Crippen LogP contribution in [-0.2, 0) is 16.8 Å². The minimum atomic E-state index is -0.221. The van der Waals surface area contributed by atoms with Gasteiger partial charge in [-0.25, -0.2) is 4.79 Å². The van der Waals surface area contributed by atoms with E-state index < -0.39 is 0 Å². The molecule has 1 aromatic carbocycles. The summed E-state index contributed by atoms with van der Waals surface area (Å²) in [5, 5.41) is 0. The van der Waals surface area contributed by atoms with Gasteiger partial charge in [-0.2, -0.15) is 0 Å². The number of hydrogen-bond acceptors (Lipinski definition) is 5. The average Bonchev–Trinajstić information content (AvgIpc) is 3.16. The molecule has 2 aliphatic carbocycles. The Balaban J connectivity index is 1.30. The van der Waals surface area contributed by atoms with Crippen LogP contribution in [0.1, 0.15) is 79.9 Å². The molecule has 0 N–H and O–H groups in total. The second-order valence-electron chi connectivity index (χ2n) is 12.1. The summed E-state index contributed by atoms with van der Waals surface area (Å²) in [6.45, 7) is 3.34. The van der Waals surface area contributed by atoms with Crippen LogP contribution in [0.15, 0.2) is 48.7 Å². The smallest absolute Gasteiger partial charge is 0.317 e. The number of urea groups is 1. The van der Waals surface area contributed by atoms with Crippen molar-refractivity contribution in [3.05, 3.63) is 65.5 Å². The molecular weight excluding hydrogens is 488 g/mol. The highest BCUT2D eigenvalue weighted by Crippen LogP contribution is 2.49. The summed E-state index contributed by atoms with van der Waals surface area (Å²) >= 11 is 0. The van der Waals surface area contributed by atoms with Gasteiger partial charge in [0.25, 0.3) is 0 Å². The molecule has 1 aliphatic heterocycles. The maximum atomic E-state index is 13.8. The first-order chi connectivity index (χ1) is 18.8. The Morgan fingerprint density at radius 2 is 1.74 bits per heavy atom. The predicted octanol–water partition coefficient (Wildman–Crippen LogP) is 5.09. The molecule has 0 atom stereocenters. The first-order valence-electron chi connectivity index (χ1n) is 14.6. The van der Waals surface area contributed by atoms with Crippen LogP contribution in [-0.4, -0.2) is 76.5 Å². The lowest BCUT2D eigenvalue weighted by molar-refractivity contribution is -0.119. The normalized spacial score (nSPS) is 25.4. The summed E-state index contributed by atoms with van der Waals surface area (Å²) in [6, 6.07) is 14.3. The standard InChI is InChI=1S/C32H42N4O3/c1-4-29(38)25-13-14-27(33-20-25)19-28(37)22-35-23-31(36(30(35)39)21-24-9-8-10-24)15-17-32(18-16-31,34(2)3)26-11-6-5-7-12-26/h5-7,11-14,20,24H,4,8-10,15-19,21-23H2,1-3H3. The highest BCUT2D eigenvalue weighted by molar-refractivity contribution is 5.95. The lowest BCUT2D eigenvalue weighted by Crippen LogP contribution is -2.56. The van der Waals surface area contributed by atoms with E-state index in [0.29, 0.717) is 30.1 Å². The molecular formula is C32H42N4O3. The Morgan fingerprint density at radius 3 is 2.31 bits per heavy atom. The molecule has 3 aliphatic rings. The Bertz CT molecular complexity index is 1180. The highest BCUT2D eigenvalue weighted by Gasteiger charge is 2.55. The van der Waals surface area contributed by atoms with E-state index in [1.54, 1.807) is 23.2 Å². The van der Waals surface area contributed by atoms with Crippen LogP contribution in [0, 0.1) is 5.92 Å². The van der Waals surface area contributed by atoms with E-state index in [1.165, 1.54) is 24.8 Å². The third-order valence-corrected chi connectivity index (χ3v) is 9.61. The fourth-order valence-corrected chi connectivity index (χ4v) is 6.88. The molecule has 2 amide bonds. The van der Waals surface area contributed by atoms with Crippen molar-refractivity contribution in [2.75, 3.05) is 33.7 Å². The maximum Gasteiger partial charge on any atom is 0.321 e. The fraction of sp³-hybridized carbons (Fsp3) is 0.562. The van der Waals surface area contributed by atoms with Crippen molar-refractivity contribution in [2.45, 2.75) is 75.8 Å². The van der Waals surface area contributed by atoms with Crippen LogP contribution in [0.3, 0.4) is 0 Å². The Kier molecular flexibility index (Phi) is 7.90. The van der Waals surface area contributed by atoms with E-state index in [2.05, 4.69) is 59.2 Å². The minimum Gasteiger partial charge on any atom is -0.317 e. The van der Waals surface area contributed by atoms with E-state index in [0.717, 1.165) is 32.2 Å². The van der Waals surface area contributed by atoms with Crippen LogP contribution in [0.2, 0.25) is 0 Å². The van der Waals surface area contributed by atoms with Crippen molar-refractivity contribution in [3.8, 4) is 0 Å². The monoisotopic (exact) mass is 530 g/mol. The summed E-state index contributed by atoms with van der Waals surface area (Å²) in [7, 11) is 4.33. The van der Waals surface area contributed by atoms with Crippen molar-refractivity contribution < 1.29 is 14.4 Å². The number of Topliss-reactive ketones (excluding diaryl/α,β-unsaturated/α-hetero) is 2. The number of pyridine rings is 1. The van der Waals surface area contributed by atoms with Gasteiger partial charge in [0, 0.05) is 42.5 Å². The maximum absolute atomic E-state index is 13.8. The lowest BCUT2D eigenvalue weighted by Gasteiger charge is -2.51. The third kappa shape index (κ3) is 5.38. The van der Waals surface area contributed by atoms with Crippen LogP contribution in [0.4, 0.5) is 4.79 Å². The molecule has 2 aromatic rings. The van der Waals surface area contributed by atoms with E-state index in [1.807, 2.05) is 6.92 Å². The number of amides is 2. The molecule has 0 unspecified atom stereocenters. The fourth-order valence-electron chi connectivity index (χ4n) is 6.88. The largest absolute Gasteiger partial charge is 0.321 e. The molecule has 3 fully saturated rings. The van der Waals surface area contributed by atoms with E-state index in [-0.39, 0.29) is 41.6 Å². The lowest BCUT2D eigenvalue weighted by atomic mass is 9.68. The summed E-state index contributed by atoms with van der Waals surface area (Å²) in [6.07, 6.45) is 9.58. The molecule has 2 saturated carbocycles. The number of benzene rings is 1. The number of ketones is 2. The van der Waals surface area contributed by atoms with Gasteiger partial charge in [-0.3, -0.25) is 19.5 Å². The van der Waals surface area contributed by atoms with Crippen molar-refractivity contribution in [3.63, 3.8) is 0 Å². The zero-order valence-corrected chi connectivity index (χ0v) is 23.7. The number of nitrogens with zero attached hydrogens (tertiary/aromatic N) is 4. The van der Waals surface area contributed by atoms with Crippen LogP contribution < -0.4 is 0 Å². The Hall–Kier alpha value is -3.06. The zero-order valence-electron chi connectivity index (χ0n) is 23.7. The van der Waals surface area contributed by atoms with Gasteiger partial charge in [-0.15, -0.1) is 0 Å². The molecule has 2 heterocycles. The molecule has 7 heteroatoms. The van der Waals surface area contributed by atoms with Gasteiger partial charge in [0.1, 0.15) is 0 Å². The predicted molar refractivity (Wildman–Crippen MR) is 152 cm³/mol. The van der Waals surface area contributed by atoms with E-state index in [4.69, 9.17) is 0 Å². The summed E-state index contributed by atoms with van der Waals surface area (Å²) in [5.74, 6) is 0.594. The van der Waals surface area contributed by atoms with Gasteiger partial charge in [0.15, 0.2) is 11.6 Å². The van der Waals surface area contributed by atoms with Gasteiger partial charge in [0.05, 0.1) is 18.5 Å². The molecule has 1 aromatic heterocycles. The number of hydrogen-bond donors (Lipinski definition) is 0. The number of aromatic nitrogens is 1. The number of rotatable bonds is 10. The Morgan fingerprint density at radius 1 is 1.03 bits per heavy atom. The summed E-state index contributed by atoms with van der Waals surface area (Å²) in [4.78, 5) is 49.4. The molecule has 0 bridgehead atoms. The summed E-state index contributed by atoms with van der Waals surface area (Å²) < 4.78 is 0. The SMILES string of the molecule is CCC(=O)c1ccc(CC(=O)CN2CC3(CCC(c4ccccc4)(N(C)C)CC3)N(CC3CCC3)C2=O)nc1. The van der Waals surface area contributed by atoms with Gasteiger partial charge in [-0.05, 0) is 76.2 Å². The molecule has 39 heavy (non-hydrogen) atoms. The third-order valence-electron chi connectivity index (χ3n) is 9.61. The second kappa shape index (κ2) is 11.2. The number of carbonyl (C=O) groups excluding carboxylic acids is 3. The molecule has 1 spiro atoms. The average molecular weight is 531 g/mol. The van der Waals surface area contributed by atoms with E-state index in [9.17, 15) is 14.4 Å². The first-order valence-corrected chi connectivity index (χ1v) is 14.6. The number of carbonyl (C=O) groups is 3. The molecule has 208 valence electrons. The molecule has 7 nitrogen and oxygen atoms in total.